The van der Waals surface area contributed by atoms with Crippen molar-refractivity contribution in [1.29, 1.82) is 0 Å². The van der Waals surface area contributed by atoms with Gasteiger partial charge in [0.2, 0.25) is 0 Å². The van der Waals surface area contributed by atoms with Crippen molar-refractivity contribution >= 4 is 34.8 Å². The molecule has 2 aromatic carbocycles. The van der Waals surface area contributed by atoms with Crippen LogP contribution in [0.25, 0.3) is 0 Å². The largest absolute Gasteiger partial charge is 0.369 e. The highest BCUT2D eigenvalue weighted by Crippen LogP contribution is 2.38. The van der Waals surface area contributed by atoms with Crippen molar-refractivity contribution < 1.29 is 4.39 Å². The van der Waals surface area contributed by atoms with Gasteiger partial charge in [-0.2, -0.15) is 0 Å². The van der Waals surface area contributed by atoms with E-state index < -0.39 is 6.04 Å². The Labute approximate surface area is 131 Å². The molecule has 1 heterocycles. The zero-order chi connectivity index (χ0) is 15.0. The lowest BCUT2D eigenvalue weighted by molar-refractivity contribution is 0.590. The highest BCUT2D eigenvalue weighted by Gasteiger charge is 2.33. The van der Waals surface area contributed by atoms with Crippen LogP contribution < -0.4 is 10.6 Å². The number of hydrogen-bond donors (Lipinski definition) is 1. The minimum atomic E-state index is -0.404. The molecule has 108 valence electrons. The first-order valence-electron chi connectivity index (χ1n) is 6.37. The average molecular weight is 324 g/mol. The number of para-hydroxylation sites is 1. The molecule has 0 aliphatic carbocycles. The molecular weight excluding hydrogens is 312 g/mol. The molecule has 3 rings (SSSR count). The Hall–Kier alpha value is -1.78. The Bertz CT molecular complexity index is 698. The smallest absolute Gasteiger partial charge is 0.196 e. The van der Waals surface area contributed by atoms with Crippen LogP contribution in [0.2, 0.25) is 10.0 Å². The predicted molar refractivity (Wildman–Crippen MR) is 84.6 cm³/mol. The van der Waals surface area contributed by atoms with Gasteiger partial charge in [0.15, 0.2) is 5.96 Å². The van der Waals surface area contributed by atoms with Crippen LogP contribution in [-0.4, -0.2) is 12.5 Å². The van der Waals surface area contributed by atoms with Gasteiger partial charge >= 0.3 is 0 Å². The molecule has 2 N–H and O–H groups in total. The van der Waals surface area contributed by atoms with Crippen molar-refractivity contribution in [1.82, 2.24) is 0 Å². The molecule has 0 saturated carbocycles. The van der Waals surface area contributed by atoms with E-state index in [0.717, 1.165) is 0 Å². The van der Waals surface area contributed by atoms with Crippen molar-refractivity contribution in [2.75, 3.05) is 11.4 Å². The van der Waals surface area contributed by atoms with Crippen LogP contribution in [0, 0.1) is 5.82 Å². The van der Waals surface area contributed by atoms with Crippen LogP contribution in [0.1, 0.15) is 11.6 Å². The van der Waals surface area contributed by atoms with Crippen molar-refractivity contribution in [2.45, 2.75) is 6.04 Å². The fourth-order valence-electron chi connectivity index (χ4n) is 2.49. The summed E-state index contributed by atoms with van der Waals surface area (Å²) in [6, 6.07) is 11.4. The van der Waals surface area contributed by atoms with Crippen molar-refractivity contribution in [3.8, 4) is 0 Å². The van der Waals surface area contributed by atoms with Gasteiger partial charge in [-0.25, -0.2) is 4.39 Å². The lowest BCUT2D eigenvalue weighted by atomic mass is 10.0. The van der Waals surface area contributed by atoms with Crippen LogP contribution in [-0.2, 0) is 0 Å². The Balaban J connectivity index is 2.10. The van der Waals surface area contributed by atoms with Crippen LogP contribution in [0.5, 0.6) is 0 Å². The summed E-state index contributed by atoms with van der Waals surface area (Å²) in [5.74, 6) is -0.0816. The minimum Gasteiger partial charge on any atom is -0.369 e. The van der Waals surface area contributed by atoms with Crippen molar-refractivity contribution in [2.24, 2.45) is 10.7 Å². The van der Waals surface area contributed by atoms with E-state index in [9.17, 15) is 4.39 Å². The Morgan fingerprint density at radius 3 is 2.52 bits per heavy atom. The Morgan fingerprint density at radius 1 is 1.10 bits per heavy atom. The second kappa shape index (κ2) is 5.54. The molecule has 0 radical (unpaired) electrons. The summed E-state index contributed by atoms with van der Waals surface area (Å²) in [5.41, 5.74) is 7.02. The number of aliphatic imine (C=N–C) groups is 1. The highest BCUT2D eigenvalue weighted by molar-refractivity contribution is 6.34. The van der Waals surface area contributed by atoms with Gasteiger partial charge in [-0.1, -0.05) is 41.4 Å². The summed E-state index contributed by atoms with van der Waals surface area (Å²) in [6.07, 6.45) is 0. The first-order chi connectivity index (χ1) is 10.1. The number of benzene rings is 2. The third kappa shape index (κ3) is 2.45. The second-order valence-electron chi connectivity index (χ2n) is 4.67. The molecule has 0 saturated heterocycles. The summed E-state index contributed by atoms with van der Waals surface area (Å²) < 4.78 is 14.2. The third-order valence-corrected chi connectivity index (χ3v) is 4.08. The molecule has 2 aromatic rings. The van der Waals surface area contributed by atoms with Gasteiger partial charge in [-0.15, -0.1) is 0 Å². The van der Waals surface area contributed by atoms with Crippen LogP contribution >= 0.6 is 23.2 Å². The fourth-order valence-corrected chi connectivity index (χ4v) is 3.00. The Kier molecular flexibility index (Phi) is 3.74. The van der Waals surface area contributed by atoms with E-state index in [1.165, 1.54) is 6.07 Å². The SMILES string of the molecule is NC1=NCC(c2c(F)cccc2Cl)N1c1ccccc1Cl. The predicted octanol–water partition coefficient (Wildman–Crippen LogP) is 4.01. The maximum Gasteiger partial charge on any atom is 0.196 e. The molecule has 0 bridgehead atoms. The van der Waals surface area contributed by atoms with Crippen LogP contribution in [0.3, 0.4) is 0 Å². The van der Waals surface area contributed by atoms with E-state index in [2.05, 4.69) is 4.99 Å². The van der Waals surface area contributed by atoms with E-state index in [1.807, 2.05) is 18.2 Å². The van der Waals surface area contributed by atoms with Gasteiger partial charge in [0.05, 0.1) is 23.3 Å². The molecule has 21 heavy (non-hydrogen) atoms. The molecule has 0 spiro atoms. The van der Waals surface area contributed by atoms with Gasteiger partial charge in [0, 0.05) is 10.6 Å². The summed E-state index contributed by atoms with van der Waals surface area (Å²) in [4.78, 5) is 5.93. The summed E-state index contributed by atoms with van der Waals surface area (Å²) in [7, 11) is 0. The number of rotatable bonds is 2. The van der Waals surface area contributed by atoms with Gasteiger partial charge < -0.3 is 10.6 Å². The average Bonchev–Trinajstić information content (AvgIpc) is 2.81. The molecule has 1 atom stereocenters. The summed E-state index contributed by atoms with van der Waals surface area (Å²) in [6.45, 7) is 0.331. The maximum absolute atomic E-state index is 14.2. The molecule has 1 unspecified atom stereocenters. The minimum absolute atomic E-state index is 0.299. The lowest BCUT2D eigenvalue weighted by Crippen LogP contribution is -2.36. The normalized spacial score (nSPS) is 18.0. The zero-order valence-corrected chi connectivity index (χ0v) is 12.4. The topological polar surface area (TPSA) is 41.6 Å². The van der Waals surface area contributed by atoms with Crippen LogP contribution in [0.4, 0.5) is 10.1 Å². The van der Waals surface area contributed by atoms with Gasteiger partial charge in [-0.3, -0.25) is 4.99 Å². The van der Waals surface area contributed by atoms with Gasteiger partial charge in [0.25, 0.3) is 0 Å². The third-order valence-electron chi connectivity index (χ3n) is 3.43. The molecule has 0 amide bonds. The van der Waals surface area contributed by atoms with Crippen LogP contribution in [0.15, 0.2) is 47.5 Å². The number of anilines is 1. The number of hydrogen-bond acceptors (Lipinski definition) is 3. The lowest BCUT2D eigenvalue weighted by Gasteiger charge is -2.28. The van der Waals surface area contributed by atoms with E-state index in [0.29, 0.717) is 33.8 Å². The molecule has 1 aliphatic rings. The molecule has 6 heteroatoms. The molecule has 3 nitrogen and oxygen atoms in total. The number of halogens is 3. The van der Waals surface area contributed by atoms with E-state index in [4.69, 9.17) is 28.9 Å². The van der Waals surface area contributed by atoms with E-state index >= 15 is 0 Å². The van der Waals surface area contributed by atoms with Gasteiger partial charge in [0.1, 0.15) is 5.82 Å². The number of nitrogens with zero attached hydrogens (tertiary/aromatic N) is 2. The molecular formula is C15H12Cl2FN3. The summed E-state index contributed by atoms with van der Waals surface area (Å²) >= 11 is 12.4. The maximum atomic E-state index is 14.2. The Morgan fingerprint density at radius 2 is 1.81 bits per heavy atom. The number of guanidine groups is 1. The zero-order valence-electron chi connectivity index (χ0n) is 10.9. The number of nitrogens with two attached hydrogens (primary N) is 1. The van der Waals surface area contributed by atoms with Crippen molar-refractivity contribution in [3.05, 3.63) is 63.9 Å². The van der Waals surface area contributed by atoms with Crippen molar-refractivity contribution in [3.63, 3.8) is 0 Å². The molecule has 0 fully saturated rings. The first kappa shape index (κ1) is 14.2. The molecule has 0 aromatic heterocycles. The standard InChI is InChI=1S/C15H12Cl2FN3/c16-9-4-1-2-7-12(9)21-13(8-20-15(21)19)14-10(17)5-3-6-11(14)18/h1-7,13H,8H2,(H2,19,20). The van der Waals surface area contributed by atoms with E-state index in [1.54, 1.807) is 23.1 Å². The second-order valence-corrected chi connectivity index (χ2v) is 5.49. The monoisotopic (exact) mass is 323 g/mol. The van der Waals surface area contributed by atoms with E-state index in [-0.39, 0.29) is 5.82 Å². The van der Waals surface area contributed by atoms with Gasteiger partial charge in [-0.05, 0) is 24.3 Å². The molecule has 1 aliphatic heterocycles. The quantitative estimate of drug-likeness (QED) is 0.907. The fraction of sp³-hybridized carbons (Fsp3) is 0.133. The first-order valence-corrected chi connectivity index (χ1v) is 7.13. The summed E-state index contributed by atoms with van der Waals surface area (Å²) in [5, 5.41) is 0.872. The highest BCUT2D eigenvalue weighted by atomic mass is 35.5.